The Morgan fingerprint density at radius 3 is 3.19 bits per heavy atom. The van der Waals surface area contributed by atoms with E-state index in [-0.39, 0.29) is 5.92 Å². The van der Waals surface area contributed by atoms with Crippen LogP contribution in [0.2, 0.25) is 0 Å². The Morgan fingerprint density at radius 1 is 1.62 bits per heavy atom. The molecular weight excluding hydrogens is 200 g/mol. The van der Waals surface area contributed by atoms with Gasteiger partial charge in [0, 0.05) is 31.4 Å². The molecule has 1 atom stereocenters. The molecule has 0 aliphatic carbocycles. The summed E-state index contributed by atoms with van der Waals surface area (Å²) < 4.78 is 0. The molecule has 86 valence electrons. The summed E-state index contributed by atoms with van der Waals surface area (Å²) in [6.45, 7) is 4.62. The number of aromatic nitrogens is 1. The Labute approximate surface area is 96.5 Å². The summed E-state index contributed by atoms with van der Waals surface area (Å²) >= 11 is 0. The number of hydrogen-bond acceptors (Lipinski definition) is 3. The molecule has 1 fully saturated rings. The molecule has 0 N–H and O–H groups in total. The first-order valence-electron chi connectivity index (χ1n) is 5.87. The van der Waals surface area contributed by atoms with Gasteiger partial charge in [0.1, 0.15) is 5.78 Å². The topological polar surface area (TPSA) is 33.2 Å². The van der Waals surface area contributed by atoms with Crippen LogP contribution >= 0.6 is 0 Å². The van der Waals surface area contributed by atoms with Crippen molar-refractivity contribution in [3.63, 3.8) is 0 Å². The van der Waals surface area contributed by atoms with Crippen LogP contribution in [0.5, 0.6) is 0 Å². The molecular formula is C13H18N2O. The van der Waals surface area contributed by atoms with Crippen LogP contribution in [-0.4, -0.2) is 28.8 Å². The fraction of sp³-hybridized carbons (Fsp3) is 0.538. The zero-order chi connectivity index (χ0) is 11.4. The Balaban J connectivity index is 1.93. The lowest BCUT2D eigenvalue weighted by Crippen LogP contribution is -2.37. The van der Waals surface area contributed by atoms with E-state index < -0.39 is 0 Å². The minimum atomic E-state index is 0.241. The highest BCUT2D eigenvalue weighted by atomic mass is 16.1. The van der Waals surface area contributed by atoms with Crippen molar-refractivity contribution in [1.29, 1.82) is 0 Å². The third-order valence-electron chi connectivity index (χ3n) is 3.21. The lowest BCUT2D eigenvalue weighted by molar-refractivity contribution is -0.122. The van der Waals surface area contributed by atoms with E-state index >= 15 is 0 Å². The monoisotopic (exact) mass is 218 g/mol. The Morgan fingerprint density at radius 2 is 2.50 bits per heavy atom. The van der Waals surface area contributed by atoms with Crippen molar-refractivity contribution in [2.45, 2.75) is 26.3 Å². The van der Waals surface area contributed by atoms with Gasteiger partial charge in [0.05, 0.1) is 0 Å². The summed E-state index contributed by atoms with van der Waals surface area (Å²) in [6, 6.07) is 4.05. The van der Waals surface area contributed by atoms with Crippen LogP contribution in [0.3, 0.4) is 0 Å². The molecule has 0 radical (unpaired) electrons. The number of carbonyl (C=O) groups is 1. The molecule has 1 aromatic rings. The molecule has 0 aromatic carbocycles. The third kappa shape index (κ3) is 2.89. The normalized spacial score (nSPS) is 21.9. The number of rotatable bonds is 3. The highest BCUT2D eigenvalue weighted by Crippen LogP contribution is 2.18. The molecule has 2 rings (SSSR count). The van der Waals surface area contributed by atoms with Crippen LogP contribution in [0.25, 0.3) is 0 Å². The first-order chi connectivity index (χ1) is 7.75. The van der Waals surface area contributed by atoms with E-state index in [1.165, 1.54) is 5.56 Å². The first-order valence-corrected chi connectivity index (χ1v) is 5.87. The molecule has 1 aliphatic heterocycles. The second-order valence-corrected chi connectivity index (χ2v) is 4.55. The maximum absolute atomic E-state index is 11.4. The molecule has 3 heteroatoms. The summed E-state index contributed by atoms with van der Waals surface area (Å²) in [5, 5.41) is 0. The number of pyridine rings is 1. The zero-order valence-corrected chi connectivity index (χ0v) is 9.72. The number of nitrogens with zero attached hydrogens (tertiary/aromatic N) is 2. The van der Waals surface area contributed by atoms with E-state index in [2.05, 4.69) is 16.0 Å². The van der Waals surface area contributed by atoms with Crippen molar-refractivity contribution < 1.29 is 4.79 Å². The van der Waals surface area contributed by atoms with E-state index in [4.69, 9.17) is 0 Å². The molecule has 0 amide bonds. The van der Waals surface area contributed by atoms with E-state index in [0.717, 1.165) is 32.5 Å². The van der Waals surface area contributed by atoms with Crippen molar-refractivity contribution >= 4 is 5.78 Å². The number of Topliss-reactive ketones (excluding diaryl/α,β-unsaturated/α-hetero) is 1. The summed E-state index contributed by atoms with van der Waals surface area (Å²) in [7, 11) is 0. The van der Waals surface area contributed by atoms with Gasteiger partial charge in [-0.2, -0.15) is 0 Å². The van der Waals surface area contributed by atoms with Gasteiger partial charge < -0.3 is 0 Å². The van der Waals surface area contributed by atoms with Gasteiger partial charge in [-0.25, -0.2) is 0 Å². The number of likely N-dealkylation sites (tertiary alicyclic amines) is 1. The molecule has 3 nitrogen and oxygen atoms in total. The minimum absolute atomic E-state index is 0.241. The fourth-order valence-corrected chi connectivity index (χ4v) is 2.28. The summed E-state index contributed by atoms with van der Waals surface area (Å²) in [6.07, 6.45) is 5.87. The Bertz CT molecular complexity index is 350. The molecule has 1 aromatic heterocycles. The molecule has 0 spiro atoms. The number of hydrogen-bond donors (Lipinski definition) is 0. The highest BCUT2D eigenvalue weighted by Gasteiger charge is 2.22. The van der Waals surface area contributed by atoms with Gasteiger partial charge in [0.2, 0.25) is 0 Å². The quantitative estimate of drug-likeness (QED) is 0.776. The van der Waals surface area contributed by atoms with Crippen LogP contribution in [0, 0.1) is 5.92 Å². The molecule has 1 saturated heterocycles. The van der Waals surface area contributed by atoms with E-state index in [1.54, 1.807) is 13.1 Å². The molecule has 0 bridgehead atoms. The lowest BCUT2D eigenvalue weighted by atomic mass is 9.94. The fourth-order valence-electron chi connectivity index (χ4n) is 2.28. The van der Waals surface area contributed by atoms with Crippen molar-refractivity contribution in [3.05, 3.63) is 30.1 Å². The van der Waals surface area contributed by atoms with Gasteiger partial charge in [0.25, 0.3) is 0 Å². The third-order valence-corrected chi connectivity index (χ3v) is 3.21. The van der Waals surface area contributed by atoms with Crippen LogP contribution in [-0.2, 0) is 11.3 Å². The van der Waals surface area contributed by atoms with Crippen molar-refractivity contribution in [2.24, 2.45) is 5.92 Å². The molecule has 1 unspecified atom stereocenters. The van der Waals surface area contributed by atoms with Crippen LogP contribution in [0.1, 0.15) is 25.3 Å². The smallest absolute Gasteiger partial charge is 0.134 e. The number of piperidine rings is 1. The van der Waals surface area contributed by atoms with Gasteiger partial charge in [-0.1, -0.05) is 6.07 Å². The standard InChI is InChI=1S/C13H18N2O/c1-11(16)13-5-3-7-15(10-13)9-12-4-2-6-14-8-12/h2,4,6,8,13H,3,5,7,9-10H2,1H3. The van der Waals surface area contributed by atoms with Gasteiger partial charge in [-0.15, -0.1) is 0 Å². The predicted octanol–water partition coefficient (Wildman–Crippen LogP) is 1.88. The van der Waals surface area contributed by atoms with E-state index in [9.17, 15) is 4.79 Å². The second kappa shape index (κ2) is 5.21. The lowest BCUT2D eigenvalue weighted by Gasteiger charge is -2.31. The van der Waals surface area contributed by atoms with Crippen LogP contribution < -0.4 is 0 Å². The Kier molecular flexibility index (Phi) is 3.67. The van der Waals surface area contributed by atoms with Crippen molar-refractivity contribution in [1.82, 2.24) is 9.88 Å². The van der Waals surface area contributed by atoms with Gasteiger partial charge in [-0.05, 0) is 37.9 Å². The molecule has 16 heavy (non-hydrogen) atoms. The van der Waals surface area contributed by atoms with Gasteiger partial charge in [0.15, 0.2) is 0 Å². The molecule has 1 aliphatic rings. The molecule has 0 saturated carbocycles. The van der Waals surface area contributed by atoms with E-state index in [1.807, 2.05) is 12.3 Å². The highest BCUT2D eigenvalue weighted by molar-refractivity contribution is 5.78. The van der Waals surface area contributed by atoms with Gasteiger partial charge in [-0.3, -0.25) is 14.7 Å². The average molecular weight is 218 g/mol. The van der Waals surface area contributed by atoms with Crippen LogP contribution in [0.15, 0.2) is 24.5 Å². The average Bonchev–Trinajstić information content (AvgIpc) is 2.30. The molecule has 2 heterocycles. The van der Waals surface area contributed by atoms with Gasteiger partial charge >= 0.3 is 0 Å². The minimum Gasteiger partial charge on any atom is -0.300 e. The summed E-state index contributed by atoms with van der Waals surface area (Å²) in [5.41, 5.74) is 1.23. The van der Waals surface area contributed by atoms with Crippen molar-refractivity contribution in [3.8, 4) is 0 Å². The number of carbonyl (C=O) groups excluding carboxylic acids is 1. The SMILES string of the molecule is CC(=O)C1CCCN(Cc2cccnc2)C1. The first kappa shape index (κ1) is 11.3. The number of ketones is 1. The second-order valence-electron chi connectivity index (χ2n) is 4.55. The predicted molar refractivity (Wildman–Crippen MR) is 62.9 cm³/mol. The largest absolute Gasteiger partial charge is 0.300 e. The van der Waals surface area contributed by atoms with Crippen LogP contribution in [0.4, 0.5) is 0 Å². The maximum atomic E-state index is 11.4. The summed E-state index contributed by atoms with van der Waals surface area (Å²) in [4.78, 5) is 17.8. The summed E-state index contributed by atoms with van der Waals surface area (Å²) in [5.74, 6) is 0.571. The zero-order valence-electron chi connectivity index (χ0n) is 9.72. The van der Waals surface area contributed by atoms with Crippen molar-refractivity contribution in [2.75, 3.05) is 13.1 Å². The maximum Gasteiger partial charge on any atom is 0.134 e. The van der Waals surface area contributed by atoms with E-state index in [0.29, 0.717) is 5.78 Å². The Hall–Kier alpha value is -1.22.